The third-order valence-corrected chi connectivity index (χ3v) is 2.77. The third kappa shape index (κ3) is 3.76. The highest BCUT2D eigenvalue weighted by Gasteiger charge is 2.10. The number of aliphatic carboxylic acids is 1. The quantitative estimate of drug-likeness (QED) is 0.528. The van der Waals surface area contributed by atoms with Crippen LogP contribution in [0.3, 0.4) is 0 Å². The second-order valence-electron chi connectivity index (χ2n) is 2.88. The molecule has 0 aromatic heterocycles. The van der Waals surface area contributed by atoms with Crippen LogP contribution in [0.4, 0.5) is 11.4 Å². The van der Waals surface area contributed by atoms with E-state index in [1.807, 2.05) is 0 Å². The first-order chi connectivity index (χ1) is 7.91. The van der Waals surface area contributed by atoms with Crippen LogP contribution in [0.1, 0.15) is 0 Å². The standard InChI is InChI=1S/C8H8N2O6S/c11-8(12)4-17-7-2-1-5(9(13)14)3-6(7)10(15)16/h1-3,15-16H,4H2,(H,11,12)/q-2. The fourth-order valence-electron chi connectivity index (χ4n) is 1.04. The van der Waals surface area contributed by atoms with Gasteiger partial charge >= 0.3 is 5.97 Å². The van der Waals surface area contributed by atoms with Gasteiger partial charge in [0.05, 0.1) is 5.75 Å². The highest BCUT2D eigenvalue weighted by Crippen LogP contribution is 2.32. The van der Waals surface area contributed by atoms with E-state index in [0.717, 1.165) is 23.9 Å². The van der Waals surface area contributed by atoms with E-state index >= 15 is 0 Å². The van der Waals surface area contributed by atoms with Crippen LogP contribution in [0.15, 0.2) is 23.1 Å². The van der Waals surface area contributed by atoms with E-state index in [2.05, 4.69) is 0 Å². The van der Waals surface area contributed by atoms with Crippen molar-refractivity contribution in [1.29, 1.82) is 0 Å². The van der Waals surface area contributed by atoms with Gasteiger partial charge in [0.25, 0.3) is 0 Å². The molecule has 0 atom stereocenters. The zero-order valence-corrected chi connectivity index (χ0v) is 9.12. The number of thioether (sulfide) groups is 1. The van der Waals surface area contributed by atoms with Crippen molar-refractivity contribution in [2.75, 3.05) is 16.2 Å². The van der Waals surface area contributed by atoms with Crippen molar-refractivity contribution in [2.24, 2.45) is 0 Å². The van der Waals surface area contributed by atoms with Gasteiger partial charge in [0.15, 0.2) is 0 Å². The Bertz CT molecular complexity index is 411. The van der Waals surface area contributed by atoms with Gasteiger partial charge in [0.2, 0.25) is 0 Å². The van der Waals surface area contributed by atoms with Crippen LogP contribution >= 0.6 is 11.8 Å². The van der Waals surface area contributed by atoms with Gasteiger partial charge in [-0.15, -0.1) is 17.0 Å². The maximum atomic E-state index is 10.5. The molecule has 8 nitrogen and oxygen atoms in total. The molecule has 94 valence electrons. The number of carboxylic acid groups (broad SMARTS) is 1. The van der Waals surface area contributed by atoms with E-state index < -0.39 is 11.2 Å². The minimum Gasteiger partial charge on any atom is -0.769 e. The van der Waals surface area contributed by atoms with E-state index in [4.69, 9.17) is 15.5 Å². The summed E-state index contributed by atoms with van der Waals surface area (Å²) in [6.45, 7) is 0. The molecule has 9 heteroatoms. The molecule has 0 saturated heterocycles. The average Bonchev–Trinajstić information content (AvgIpc) is 2.25. The highest BCUT2D eigenvalue weighted by molar-refractivity contribution is 8.00. The zero-order chi connectivity index (χ0) is 13.0. The van der Waals surface area contributed by atoms with Gasteiger partial charge < -0.3 is 20.7 Å². The van der Waals surface area contributed by atoms with Crippen LogP contribution < -0.4 is 10.5 Å². The molecule has 0 bridgehead atoms. The Balaban J connectivity index is 3.00. The summed E-state index contributed by atoms with van der Waals surface area (Å²) in [4.78, 5) is 10.6. The van der Waals surface area contributed by atoms with E-state index in [1.165, 1.54) is 6.07 Å². The molecule has 1 aromatic carbocycles. The van der Waals surface area contributed by atoms with Gasteiger partial charge in [0.1, 0.15) is 5.69 Å². The SMILES string of the molecule is O=C(O)CSc1ccc(N([O-])[O-])cc1N(O)O. The molecule has 0 heterocycles. The second-order valence-corrected chi connectivity index (χ2v) is 3.90. The molecule has 0 aliphatic carbocycles. The van der Waals surface area contributed by atoms with Crippen molar-refractivity contribution in [3.8, 4) is 0 Å². The topological polar surface area (TPSA) is 130 Å². The normalized spacial score (nSPS) is 10.1. The lowest BCUT2D eigenvalue weighted by Gasteiger charge is -2.37. The van der Waals surface area contributed by atoms with Crippen LogP contribution in [-0.4, -0.2) is 27.2 Å². The maximum absolute atomic E-state index is 10.5. The minimum absolute atomic E-state index is 0.211. The lowest BCUT2D eigenvalue weighted by atomic mass is 10.3. The van der Waals surface area contributed by atoms with E-state index in [9.17, 15) is 15.2 Å². The van der Waals surface area contributed by atoms with Crippen LogP contribution in [-0.2, 0) is 4.79 Å². The minimum atomic E-state index is -1.08. The molecule has 0 saturated carbocycles. The van der Waals surface area contributed by atoms with Gasteiger partial charge in [-0.3, -0.25) is 15.2 Å². The van der Waals surface area contributed by atoms with Gasteiger partial charge in [-0.2, -0.15) is 0 Å². The van der Waals surface area contributed by atoms with Crippen molar-refractivity contribution in [2.45, 2.75) is 4.90 Å². The Morgan fingerprint density at radius 1 is 1.35 bits per heavy atom. The number of rotatable bonds is 5. The maximum Gasteiger partial charge on any atom is 0.313 e. The predicted octanol–water partition coefficient (Wildman–Crippen LogP) is 1.25. The summed E-state index contributed by atoms with van der Waals surface area (Å²) in [5.74, 6) is -1.37. The number of hydrogen-bond donors (Lipinski definition) is 3. The van der Waals surface area contributed by atoms with Crippen LogP contribution in [0.5, 0.6) is 0 Å². The molecule has 17 heavy (non-hydrogen) atoms. The first-order valence-corrected chi connectivity index (χ1v) is 5.21. The average molecular weight is 260 g/mol. The number of hydrogen-bond acceptors (Lipinski definition) is 8. The number of benzene rings is 1. The highest BCUT2D eigenvalue weighted by atomic mass is 32.2. The number of carbonyl (C=O) groups is 1. The van der Waals surface area contributed by atoms with Crippen molar-refractivity contribution >= 4 is 29.1 Å². The molecule has 0 unspecified atom stereocenters. The first kappa shape index (κ1) is 13.5. The summed E-state index contributed by atoms with van der Waals surface area (Å²) in [7, 11) is 0. The van der Waals surface area contributed by atoms with E-state index in [1.54, 1.807) is 0 Å². The van der Waals surface area contributed by atoms with Gasteiger partial charge in [-0.1, -0.05) is 0 Å². The van der Waals surface area contributed by atoms with E-state index in [-0.39, 0.29) is 27.2 Å². The Hall–Kier alpha value is -1.52. The van der Waals surface area contributed by atoms with Crippen LogP contribution in [0.25, 0.3) is 0 Å². The lowest BCUT2D eigenvalue weighted by molar-refractivity contribution is -0.133. The van der Waals surface area contributed by atoms with Gasteiger partial charge in [-0.05, 0) is 18.2 Å². The van der Waals surface area contributed by atoms with E-state index in [0.29, 0.717) is 0 Å². The van der Waals surface area contributed by atoms with Crippen molar-refractivity contribution in [3.63, 3.8) is 0 Å². The number of nitrogens with zero attached hydrogens (tertiary/aromatic N) is 2. The molecular formula is C8H8N2O6S-2. The third-order valence-electron chi connectivity index (χ3n) is 1.72. The van der Waals surface area contributed by atoms with Crippen molar-refractivity contribution in [3.05, 3.63) is 28.6 Å². The molecule has 1 aromatic rings. The largest absolute Gasteiger partial charge is 0.769 e. The van der Waals surface area contributed by atoms with Gasteiger partial charge in [-0.25, -0.2) is 0 Å². The molecule has 0 amide bonds. The second kappa shape index (κ2) is 5.70. The molecule has 0 aliphatic rings. The van der Waals surface area contributed by atoms with Crippen molar-refractivity contribution in [1.82, 2.24) is 0 Å². The zero-order valence-electron chi connectivity index (χ0n) is 8.31. The summed E-state index contributed by atoms with van der Waals surface area (Å²) in [6.07, 6.45) is 0. The van der Waals surface area contributed by atoms with Crippen molar-refractivity contribution < 1.29 is 20.3 Å². The number of anilines is 2. The lowest BCUT2D eigenvalue weighted by Crippen LogP contribution is -2.13. The summed E-state index contributed by atoms with van der Waals surface area (Å²) >= 11 is 0.820. The summed E-state index contributed by atoms with van der Waals surface area (Å²) in [5.41, 5.74) is -0.571. The monoisotopic (exact) mass is 260 g/mol. The fraction of sp³-hybridized carbons (Fsp3) is 0.125. The molecule has 0 fully saturated rings. The molecule has 1 rings (SSSR count). The summed E-state index contributed by atoms with van der Waals surface area (Å²) < 4.78 is 0. The Morgan fingerprint density at radius 2 is 2.00 bits per heavy atom. The predicted molar refractivity (Wildman–Crippen MR) is 60.1 cm³/mol. The Morgan fingerprint density at radius 3 is 2.47 bits per heavy atom. The molecule has 0 radical (unpaired) electrons. The molecule has 0 aliphatic heterocycles. The van der Waals surface area contributed by atoms with Gasteiger partial charge in [0, 0.05) is 10.6 Å². The molecule has 0 spiro atoms. The molecule has 3 N–H and O–H groups in total. The first-order valence-electron chi connectivity index (χ1n) is 4.22. The Kier molecular flexibility index (Phi) is 4.54. The van der Waals surface area contributed by atoms with Crippen LogP contribution in [0, 0.1) is 10.4 Å². The molecular weight excluding hydrogens is 252 g/mol. The number of carboxylic acids is 1. The smallest absolute Gasteiger partial charge is 0.313 e. The summed E-state index contributed by atoms with van der Waals surface area (Å²) in [5, 5.41) is 46.2. The van der Waals surface area contributed by atoms with Crippen LogP contribution in [0.2, 0.25) is 0 Å². The summed E-state index contributed by atoms with van der Waals surface area (Å²) in [6, 6.07) is 3.34. The Labute approximate surface area is 99.8 Å². The fourth-order valence-corrected chi connectivity index (χ4v) is 1.77.